The van der Waals surface area contributed by atoms with Crippen molar-refractivity contribution < 1.29 is 8.42 Å². The quantitative estimate of drug-likeness (QED) is 0.840. The lowest BCUT2D eigenvalue weighted by atomic mass is 10.1. The highest BCUT2D eigenvalue weighted by molar-refractivity contribution is 8.14. The van der Waals surface area contributed by atoms with Crippen LogP contribution in [-0.4, -0.2) is 36.7 Å². The molecule has 0 N–H and O–H groups in total. The fourth-order valence-electron chi connectivity index (χ4n) is 2.07. The first-order valence-corrected chi connectivity index (χ1v) is 9.36. The van der Waals surface area contributed by atoms with Gasteiger partial charge in [0, 0.05) is 5.75 Å². The SMILES string of the molecule is CCCS(=O)(=O)N1CCN=C1SCc1ccccc1C. The fourth-order valence-corrected chi connectivity index (χ4v) is 4.99. The van der Waals surface area contributed by atoms with Crippen molar-refractivity contribution in [2.24, 2.45) is 4.99 Å². The van der Waals surface area contributed by atoms with E-state index in [2.05, 4.69) is 24.0 Å². The third kappa shape index (κ3) is 3.55. The van der Waals surface area contributed by atoms with Crippen molar-refractivity contribution >= 4 is 27.0 Å². The molecule has 0 radical (unpaired) electrons. The normalized spacial score (nSPS) is 15.5. The van der Waals surface area contributed by atoms with E-state index in [1.54, 1.807) is 0 Å². The van der Waals surface area contributed by atoms with Crippen molar-refractivity contribution in [2.75, 3.05) is 18.8 Å². The van der Waals surface area contributed by atoms with Gasteiger partial charge >= 0.3 is 0 Å². The van der Waals surface area contributed by atoms with Crippen LogP contribution in [0, 0.1) is 6.92 Å². The predicted molar refractivity (Wildman–Crippen MR) is 85.6 cm³/mol. The van der Waals surface area contributed by atoms with Crippen LogP contribution in [-0.2, 0) is 15.8 Å². The second-order valence-electron chi connectivity index (χ2n) is 4.77. The summed E-state index contributed by atoms with van der Waals surface area (Å²) >= 11 is 1.51. The van der Waals surface area contributed by atoms with E-state index in [-0.39, 0.29) is 5.75 Å². The van der Waals surface area contributed by atoms with Crippen molar-refractivity contribution in [1.29, 1.82) is 0 Å². The lowest BCUT2D eigenvalue weighted by Gasteiger charge is -2.19. The Morgan fingerprint density at radius 3 is 2.80 bits per heavy atom. The lowest BCUT2D eigenvalue weighted by Crippen LogP contribution is -2.34. The smallest absolute Gasteiger partial charge is 0.236 e. The van der Waals surface area contributed by atoms with Crippen LogP contribution < -0.4 is 0 Å². The zero-order valence-electron chi connectivity index (χ0n) is 11.9. The molecule has 0 fully saturated rings. The third-order valence-electron chi connectivity index (χ3n) is 3.18. The molecule has 1 aromatic carbocycles. The van der Waals surface area contributed by atoms with E-state index in [9.17, 15) is 8.42 Å². The number of hydrogen-bond acceptors (Lipinski definition) is 4. The highest BCUT2D eigenvalue weighted by atomic mass is 32.2. The van der Waals surface area contributed by atoms with Crippen molar-refractivity contribution in [2.45, 2.75) is 26.0 Å². The van der Waals surface area contributed by atoms with Crippen LogP contribution in [0.25, 0.3) is 0 Å². The van der Waals surface area contributed by atoms with Crippen LogP contribution in [0.4, 0.5) is 0 Å². The molecule has 110 valence electrons. The summed E-state index contributed by atoms with van der Waals surface area (Å²) < 4.78 is 25.8. The molecule has 2 rings (SSSR count). The van der Waals surface area contributed by atoms with Gasteiger partial charge in [0.1, 0.15) is 0 Å². The van der Waals surface area contributed by atoms with E-state index in [0.717, 1.165) is 5.75 Å². The topological polar surface area (TPSA) is 49.7 Å². The van der Waals surface area contributed by atoms with Crippen LogP contribution >= 0.6 is 11.8 Å². The molecular weight excluding hydrogens is 292 g/mol. The van der Waals surface area contributed by atoms with Crippen LogP contribution in [0.2, 0.25) is 0 Å². The Labute approximate surface area is 125 Å². The maximum Gasteiger partial charge on any atom is 0.236 e. The number of rotatable bonds is 5. The van der Waals surface area contributed by atoms with Crippen molar-refractivity contribution in [3.8, 4) is 0 Å². The molecule has 0 saturated carbocycles. The molecule has 0 aromatic heterocycles. The van der Waals surface area contributed by atoms with Crippen LogP contribution in [0.1, 0.15) is 24.5 Å². The molecular formula is C14H20N2O2S2. The molecule has 1 heterocycles. The molecule has 0 saturated heterocycles. The van der Waals surface area contributed by atoms with Gasteiger partial charge in [0.2, 0.25) is 10.0 Å². The van der Waals surface area contributed by atoms with Crippen molar-refractivity contribution in [1.82, 2.24) is 4.31 Å². The standard InChI is InChI=1S/C14H20N2O2S2/c1-3-10-20(17,18)16-9-8-15-14(16)19-11-13-7-5-4-6-12(13)2/h4-7H,3,8-11H2,1-2H3. The summed E-state index contributed by atoms with van der Waals surface area (Å²) in [6.45, 7) is 5.00. The van der Waals surface area contributed by atoms with Gasteiger partial charge < -0.3 is 0 Å². The van der Waals surface area contributed by atoms with Gasteiger partial charge in [-0.1, -0.05) is 43.0 Å². The molecule has 0 bridgehead atoms. The van der Waals surface area contributed by atoms with Crippen LogP contribution in [0.5, 0.6) is 0 Å². The van der Waals surface area contributed by atoms with E-state index in [4.69, 9.17) is 0 Å². The fraction of sp³-hybridized carbons (Fsp3) is 0.500. The summed E-state index contributed by atoms with van der Waals surface area (Å²) in [7, 11) is -3.19. The first kappa shape index (κ1) is 15.4. The van der Waals surface area contributed by atoms with Gasteiger partial charge in [0.05, 0.1) is 18.8 Å². The Balaban J connectivity index is 2.04. The predicted octanol–water partition coefficient (Wildman–Crippen LogP) is 2.64. The number of aliphatic imine (C=N–C) groups is 1. The van der Waals surface area contributed by atoms with Gasteiger partial charge in [0.15, 0.2) is 5.17 Å². The zero-order valence-corrected chi connectivity index (χ0v) is 13.5. The first-order chi connectivity index (χ1) is 9.54. The average molecular weight is 312 g/mol. The number of sulfonamides is 1. The molecule has 4 nitrogen and oxygen atoms in total. The maximum absolute atomic E-state index is 12.2. The lowest BCUT2D eigenvalue weighted by molar-refractivity contribution is 0.539. The van der Waals surface area contributed by atoms with E-state index >= 15 is 0 Å². The number of nitrogens with zero attached hydrogens (tertiary/aromatic N) is 2. The summed E-state index contributed by atoms with van der Waals surface area (Å²) in [5.74, 6) is 0.945. The van der Waals surface area contributed by atoms with E-state index in [1.807, 2.05) is 19.1 Å². The molecule has 20 heavy (non-hydrogen) atoms. The van der Waals surface area contributed by atoms with E-state index < -0.39 is 10.0 Å². The Bertz CT molecular complexity index is 597. The minimum atomic E-state index is -3.19. The van der Waals surface area contributed by atoms with Crippen LogP contribution in [0.3, 0.4) is 0 Å². The summed E-state index contributed by atoms with van der Waals surface area (Å²) in [4.78, 5) is 4.34. The summed E-state index contributed by atoms with van der Waals surface area (Å²) in [5.41, 5.74) is 2.45. The van der Waals surface area contributed by atoms with Gasteiger partial charge in [-0.2, -0.15) is 0 Å². The molecule has 1 aliphatic heterocycles. The molecule has 0 amide bonds. The van der Waals surface area contributed by atoms with Gasteiger partial charge in [-0.25, -0.2) is 12.7 Å². The third-order valence-corrected chi connectivity index (χ3v) is 6.31. The van der Waals surface area contributed by atoms with Crippen molar-refractivity contribution in [3.63, 3.8) is 0 Å². The summed E-state index contributed by atoms with van der Waals surface area (Å²) in [6.07, 6.45) is 0.634. The molecule has 1 aliphatic rings. The molecule has 0 unspecified atom stereocenters. The monoisotopic (exact) mass is 312 g/mol. The number of thioether (sulfide) groups is 1. The zero-order chi connectivity index (χ0) is 14.6. The highest BCUT2D eigenvalue weighted by Gasteiger charge is 2.28. The molecule has 1 aromatic rings. The van der Waals surface area contributed by atoms with E-state index in [1.165, 1.54) is 27.2 Å². The van der Waals surface area contributed by atoms with E-state index in [0.29, 0.717) is 24.7 Å². The maximum atomic E-state index is 12.2. The van der Waals surface area contributed by atoms with Gasteiger partial charge in [0.25, 0.3) is 0 Å². The molecule has 0 spiro atoms. The summed E-state index contributed by atoms with van der Waals surface area (Å²) in [6, 6.07) is 8.15. The minimum Gasteiger partial charge on any atom is -0.260 e. The Morgan fingerprint density at radius 2 is 2.10 bits per heavy atom. The number of aryl methyl sites for hydroxylation is 1. The molecule has 6 heteroatoms. The van der Waals surface area contributed by atoms with Gasteiger partial charge in [-0.05, 0) is 24.5 Å². The number of benzene rings is 1. The Kier molecular flexibility index (Phi) is 5.10. The molecule has 0 aliphatic carbocycles. The van der Waals surface area contributed by atoms with Gasteiger partial charge in [-0.15, -0.1) is 0 Å². The largest absolute Gasteiger partial charge is 0.260 e. The van der Waals surface area contributed by atoms with Gasteiger partial charge in [-0.3, -0.25) is 4.99 Å². The minimum absolute atomic E-state index is 0.191. The van der Waals surface area contributed by atoms with Crippen LogP contribution in [0.15, 0.2) is 29.3 Å². The van der Waals surface area contributed by atoms with Crippen molar-refractivity contribution in [3.05, 3.63) is 35.4 Å². The second kappa shape index (κ2) is 6.63. The average Bonchev–Trinajstić information content (AvgIpc) is 2.87. The number of hydrogen-bond donors (Lipinski definition) is 0. The Morgan fingerprint density at radius 1 is 1.35 bits per heavy atom. The Hall–Kier alpha value is -1.01. The first-order valence-electron chi connectivity index (χ1n) is 6.77. The highest BCUT2D eigenvalue weighted by Crippen LogP contribution is 2.23. The summed E-state index contributed by atoms with van der Waals surface area (Å²) in [5, 5.41) is 0.640. The second-order valence-corrected chi connectivity index (χ2v) is 7.72. The number of amidine groups is 1. The molecule has 0 atom stereocenters.